The van der Waals surface area contributed by atoms with Crippen LogP contribution < -0.4 is 0 Å². The molecule has 3 aliphatic rings. The zero-order valence-corrected chi connectivity index (χ0v) is 10.7. The lowest BCUT2D eigenvalue weighted by atomic mass is 9.83. The fourth-order valence-electron chi connectivity index (χ4n) is 3.53. The summed E-state index contributed by atoms with van der Waals surface area (Å²) in [7, 11) is 0. The number of allylic oxidation sites excluding steroid dienone is 2. The van der Waals surface area contributed by atoms with Crippen LogP contribution in [0.15, 0.2) is 12.2 Å². The van der Waals surface area contributed by atoms with Crippen molar-refractivity contribution in [1.82, 2.24) is 0 Å². The normalized spacial score (nSPS) is 39.7. The molecule has 0 radical (unpaired) electrons. The Morgan fingerprint density at radius 3 is 2.63 bits per heavy atom. The average molecular weight is 266 g/mol. The highest BCUT2D eigenvalue weighted by molar-refractivity contribution is 5.83. The van der Waals surface area contributed by atoms with Gasteiger partial charge in [0, 0.05) is 6.61 Å². The molecule has 0 unspecified atom stereocenters. The molecule has 3 rings (SSSR count). The molecule has 2 aliphatic carbocycles. The number of esters is 1. The maximum atomic E-state index is 12.1. The van der Waals surface area contributed by atoms with Crippen molar-refractivity contribution in [2.45, 2.75) is 25.4 Å². The molecule has 1 saturated carbocycles. The smallest absolute Gasteiger partial charge is 0.310 e. The minimum absolute atomic E-state index is 0.0113. The van der Waals surface area contributed by atoms with Crippen molar-refractivity contribution >= 4 is 11.9 Å². The molecule has 1 saturated heterocycles. The quantitative estimate of drug-likeness (QED) is 0.612. The summed E-state index contributed by atoms with van der Waals surface area (Å²) in [6.07, 6.45) is 6.54. The van der Waals surface area contributed by atoms with Crippen molar-refractivity contribution in [3.63, 3.8) is 0 Å². The number of hydrogen-bond donors (Lipinski definition) is 1. The van der Waals surface area contributed by atoms with Crippen molar-refractivity contribution < 1.29 is 24.2 Å². The van der Waals surface area contributed by atoms with Gasteiger partial charge in [0.2, 0.25) is 0 Å². The van der Waals surface area contributed by atoms with Crippen molar-refractivity contribution in [3.8, 4) is 0 Å². The zero-order chi connectivity index (χ0) is 13.4. The third kappa shape index (κ3) is 2.27. The molecular formula is C14H18O5. The summed E-state index contributed by atoms with van der Waals surface area (Å²) in [5.41, 5.74) is 0. The fraction of sp³-hybridized carbons (Fsp3) is 0.714. The van der Waals surface area contributed by atoms with Crippen LogP contribution in [0.3, 0.4) is 0 Å². The summed E-state index contributed by atoms with van der Waals surface area (Å²) in [5.74, 6) is -2.39. The number of hydrogen-bond acceptors (Lipinski definition) is 4. The highest BCUT2D eigenvalue weighted by atomic mass is 16.6. The molecule has 0 amide bonds. The van der Waals surface area contributed by atoms with Crippen molar-refractivity contribution in [1.29, 1.82) is 0 Å². The Hall–Kier alpha value is -1.36. The number of carbonyl (C=O) groups is 2. The lowest BCUT2D eigenvalue weighted by Crippen LogP contribution is -2.35. The van der Waals surface area contributed by atoms with E-state index in [0.717, 1.165) is 25.9 Å². The molecule has 2 fully saturated rings. The largest absolute Gasteiger partial charge is 0.481 e. The van der Waals surface area contributed by atoms with Crippen molar-refractivity contribution in [3.05, 3.63) is 12.2 Å². The van der Waals surface area contributed by atoms with E-state index in [-0.39, 0.29) is 30.5 Å². The Morgan fingerprint density at radius 2 is 2.00 bits per heavy atom. The lowest BCUT2D eigenvalue weighted by Gasteiger charge is -2.23. The van der Waals surface area contributed by atoms with Gasteiger partial charge in [0.05, 0.1) is 17.9 Å². The van der Waals surface area contributed by atoms with Gasteiger partial charge < -0.3 is 14.6 Å². The van der Waals surface area contributed by atoms with Crippen molar-refractivity contribution in [2.24, 2.45) is 23.7 Å². The molecule has 1 heterocycles. The summed E-state index contributed by atoms with van der Waals surface area (Å²) in [6.45, 7) is 0.972. The number of carboxylic acid groups (broad SMARTS) is 1. The standard InChI is InChI=1S/C14H18O5/c15-13(16)11-8-3-4-9(6-8)12(11)14(17)19-7-10-2-1-5-18-10/h3-4,8-12H,1-2,5-7H2,(H,15,16)/t8-,9-,10+,11+,12-/m0/s1. The van der Waals surface area contributed by atoms with Crippen molar-refractivity contribution in [2.75, 3.05) is 13.2 Å². The first-order valence-corrected chi connectivity index (χ1v) is 6.86. The first-order valence-electron chi connectivity index (χ1n) is 6.86. The van der Waals surface area contributed by atoms with Crippen LogP contribution in [0.4, 0.5) is 0 Å². The van der Waals surface area contributed by atoms with Gasteiger partial charge in [-0.3, -0.25) is 9.59 Å². The van der Waals surface area contributed by atoms with E-state index in [0.29, 0.717) is 0 Å². The molecule has 19 heavy (non-hydrogen) atoms. The van der Waals surface area contributed by atoms with Crippen LogP contribution in [-0.2, 0) is 19.1 Å². The third-order valence-electron chi connectivity index (χ3n) is 4.45. The topological polar surface area (TPSA) is 72.8 Å². The predicted octanol–water partition coefficient (Wildman–Crippen LogP) is 1.23. The van der Waals surface area contributed by atoms with Gasteiger partial charge in [-0.05, 0) is 31.1 Å². The Balaban J connectivity index is 1.62. The molecule has 0 aromatic heterocycles. The first kappa shape index (κ1) is 12.7. The van der Waals surface area contributed by atoms with Crippen LogP contribution in [0.1, 0.15) is 19.3 Å². The van der Waals surface area contributed by atoms with Gasteiger partial charge in [0.1, 0.15) is 6.61 Å². The summed E-state index contributed by atoms with van der Waals surface area (Å²) in [6, 6.07) is 0. The lowest BCUT2D eigenvalue weighted by molar-refractivity contribution is -0.160. The summed E-state index contributed by atoms with van der Waals surface area (Å²) in [4.78, 5) is 23.4. The SMILES string of the molecule is O=C(OC[C@H]1CCCO1)[C@@H]1[C@H](C(=O)O)[C@H]2C=C[C@H]1C2. The van der Waals surface area contributed by atoms with Crippen LogP contribution in [0, 0.1) is 23.7 Å². The molecule has 5 nitrogen and oxygen atoms in total. The summed E-state index contributed by atoms with van der Waals surface area (Å²) in [5, 5.41) is 9.27. The number of ether oxygens (including phenoxy) is 2. The second-order valence-electron chi connectivity index (χ2n) is 5.60. The Labute approximate surface area is 111 Å². The number of fused-ring (bicyclic) bond motifs is 2. The number of rotatable bonds is 4. The molecule has 0 aromatic rings. The summed E-state index contributed by atoms with van der Waals surface area (Å²) >= 11 is 0. The van der Waals surface area contributed by atoms with Crippen LogP contribution in [0.25, 0.3) is 0 Å². The van der Waals surface area contributed by atoms with Gasteiger partial charge in [-0.1, -0.05) is 12.2 Å². The van der Waals surface area contributed by atoms with E-state index >= 15 is 0 Å². The second kappa shape index (κ2) is 4.96. The molecule has 1 N–H and O–H groups in total. The van der Waals surface area contributed by atoms with E-state index in [4.69, 9.17) is 9.47 Å². The molecular weight excluding hydrogens is 248 g/mol. The third-order valence-corrected chi connectivity index (χ3v) is 4.45. The van der Waals surface area contributed by atoms with E-state index in [2.05, 4.69) is 0 Å². The minimum Gasteiger partial charge on any atom is -0.481 e. The molecule has 0 aromatic carbocycles. The van der Waals surface area contributed by atoms with Crippen LogP contribution in [0.2, 0.25) is 0 Å². The zero-order valence-electron chi connectivity index (χ0n) is 10.7. The molecule has 5 heteroatoms. The Bertz CT molecular complexity index is 410. The first-order chi connectivity index (χ1) is 9.16. The number of carbonyl (C=O) groups excluding carboxylic acids is 1. The van der Waals surface area contributed by atoms with Crippen LogP contribution >= 0.6 is 0 Å². The molecule has 1 aliphatic heterocycles. The second-order valence-corrected chi connectivity index (χ2v) is 5.60. The number of aliphatic carboxylic acids is 1. The van der Waals surface area contributed by atoms with Gasteiger partial charge in [-0.25, -0.2) is 0 Å². The monoisotopic (exact) mass is 266 g/mol. The molecule has 5 atom stereocenters. The Morgan fingerprint density at radius 1 is 1.26 bits per heavy atom. The highest BCUT2D eigenvalue weighted by Crippen LogP contribution is 2.48. The van der Waals surface area contributed by atoms with E-state index in [1.807, 2.05) is 12.2 Å². The van der Waals surface area contributed by atoms with Crippen LogP contribution in [0.5, 0.6) is 0 Å². The minimum atomic E-state index is -0.893. The number of carboxylic acids is 1. The molecule has 0 spiro atoms. The van der Waals surface area contributed by atoms with E-state index in [1.165, 1.54) is 0 Å². The average Bonchev–Trinajstić information content (AvgIpc) is 3.10. The maximum absolute atomic E-state index is 12.1. The molecule has 104 valence electrons. The van der Waals surface area contributed by atoms with Gasteiger partial charge in [0.25, 0.3) is 0 Å². The Kier molecular flexibility index (Phi) is 3.31. The van der Waals surface area contributed by atoms with Crippen LogP contribution in [-0.4, -0.2) is 36.4 Å². The van der Waals surface area contributed by atoms with Gasteiger partial charge in [-0.15, -0.1) is 0 Å². The maximum Gasteiger partial charge on any atom is 0.310 e. The fourth-order valence-corrected chi connectivity index (χ4v) is 3.53. The van der Waals surface area contributed by atoms with E-state index < -0.39 is 17.8 Å². The summed E-state index contributed by atoms with van der Waals surface area (Å²) < 4.78 is 10.7. The van der Waals surface area contributed by atoms with Gasteiger partial charge >= 0.3 is 11.9 Å². The molecule has 2 bridgehead atoms. The highest BCUT2D eigenvalue weighted by Gasteiger charge is 2.52. The predicted molar refractivity (Wildman–Crippen MR) is 65.3 cm³/mol. The van der Waals surface area contributed by atoms with Gasteiger partial charge in [-0.2, -0.15) is 0 Å². The van der Waals surface area contributed by atoms with E-state index in [9.17, 15) is 14.7 Å². The van der Waals surface area contributed by atoms with E-state index in [1.54, 1.807) is 0 Å². The van der Waals surface area contributed by atoms with Gasteiger partial charge in [0.15, 0.2) is 0 Å².